The van der Waals surface area contributed by atoms with Gasteiger partial charge in [-0.1, -0.05) is 6.92 Å². The van der Waals surface area contributed by atoms with Gasteiger partial charge >= 0.3 is 0 Å². The second-order valence-corrected chi connectivity index (χ2v) is 4.60. The zero-order valence-electron chi connectivity index (χ0n) is 9.19. The lowest BCUT2D eigenvalue weighted by atomic mass is 10.0. The molecule has 2 unspecified atom stereocenters. The summed E-state index contributed by atoms with van der Waals surface area (Å²) in [4.78, 5) is 11.5. The van der Waals surface area contributed by atoms with Crippen LogP contribution in [0.2, 0.25) is 0 Å². The second-order valence-electron chi connectivity index (χ2n) is 3.82. The van der Waals surface area contributed by atoms with E-state index in [0.717, 1.165) is 6.42 Å². The Kier molecular flexibility index (Phi) is 4.78. The van der Waals surface area contributed by atoms with Crippen LogP contribution >= 0.6 is 11.3 Å². The van der Waals surface area contributed by atoms with Crippen LogP contribution in [0.4, 0.5) is 0 Å². The first-order chi connectivity index (χ1) is 7.11. The summed E-state index contributed by atoms with van der Waals surface area (Å²) < 4.78 is 0. The van der Waals surface area contributed by atoms with Crippen molar-refractivity contribution in [3.05, 3.63) is 22.4 Å². The number of hydrogen-bond donors (Lipinski definition) is 2. The van der Waals surface area contributed by atoms with Gasteiger partial charge < -0.3 is 11.1 Å². The van der Waals surface area contributed by atoms with Crippen LogP contribution in [-0.4, -0.2) is 18.5 Å². The Labute approximate surface area is 94.7 Å². The van der Waals surface area contributed by atoms with Gasteiger partial charge in [0, 0.05) is 18.5 Å². The fourth-order valence-electron chi connectivity index (χ4n) is 1.16. The monoisotopic (exact) mass is 226 g/mol. The first-order valence-electron chi connectivity index (χ1n) is 5.15. The average Bonchev–Trinajstić information content (AvgIpc) is 2.69. The van der Waals surface area contributed by atoms with Crippen molar-refractivity contribution in [3.63, 3.8) is 0 Å². The average molecular weight is 226 g/mol. The Morgan fingerprint density at radius 1 is 1.60 bits per heavy atom. The highest BCUT2D eigenvalue weighted by atomic mass is 32.1. The maximum absolute atomic E-state index is 11.5. The van der Waals surface area contributed by atoms with Crippen molar-refractivity contribution in [1.82, 2.24) is 5.32 Å². The fraction of sp³-hybridized carbons (Fsp3) is 0.545. The van der Waals surface area contributed by atoms with Gasteiger partial charge in [-0.15, -0.1) is 0 Å². The molecule has 0 aromatic carbocycles. The molecule has 2 atom stereocenters. The third-order valence-corrected chi connectivity index (χ3v) is 3.23. The number of amides is 1. The molecule has 0 aliphatic rings. The molecule has 0 saturated heterocycles. The van der Waals surface area contributed by atoms with E-state index in [1.807, 2.05) is 19.2 Å². The number of nitrogens with two attached hydrogens (primary N) is 1. The van der Waals surface area contributed by atoms with E-state index in [-0.39, 0.29) is 17.9 Å². The minimum atomic E-state index is -0.118. The molecule has 0 bridgehead atoms. The molecule has 0 saturated carbocycles. The van der Waals surface area contributed by atoms with Gasteiger partial charge in [0.25, 0.3) is 0 Å². The predicted octanol–water partition coefficient (Wildman–Crippen LogP) is 1.39. The number of hydrogen-bond acceptors (Lipinski definition) is 3. The number of thiophene rings is 1. The van der Waals surface area contributed by atoms with Gasteiger partial charge in [0.2, 0.25) is 5.91 Å². The van der Waals surface area contributed by atoms with Gasteiger partial charge in [-0.3, -0.25) is 4.79 Å². The lowest BCUT2D eigenvalue weighted by Crippen LogP contribution is -2.39. The Morgan fingerprint density at radius 3 is 2.87 bits per heavy atom. The third kappa shape index (κ3) is 4.01. The Balaban J connectivity index is 2.23. The molecule has 1 heterocycles. The molecule has 15 heavy (non-hydrogen) atoms. The van der Waals surface area contributed by atoms with Crippen LogP contribution < -0.4 is 11.1 Å². The molecular formula is C11H18N2OS. The molecule has 0 aliphatic heterocycles. The molecule has 1 aromatic heterocycles. The van der Waals surface area contributed by atoms with Gasteiger partial charge in [0.1, 0.15) is 0 Å². The summed E-state index contributed by atoms with van der Waals surface area (Å²) in [7, 11) is 0. The van der Waals surface area contributed by atoms with E-state index >= 15 is 0 Å². The van der Waals surface area contributed by atoms with Crippen molar-refractivity contribution >= 4 is 17.2 Å². The summed E-state index contributed by atoms with van der Waals surface area (Å²) in [6, 6.07) is 1.98. The van der Waals surface area contributed by atoms with E-state index in [1.54, 1.807) is 11.3 Å². The molecule has 0 radical (unpaired) electrons. The number of carbonyl (C=O) groups is 1. The maximum Gasteiger partial charge on any atom is 0.224 e. The zero-order valence-corrected chi connectivity index (χ0v) is 10.0. The topological polar surface area (TPSA) is 55.1 Å². The molecule has 0 fully saturated rings. The summed E-state index contributed by atoms with van der Waals surface area (Å²) in [6.07, 6.45) is 0.890. The van der Waals surface area contributed by atoms with Crippen LogP contribution in [0.25, 0.3) is 0 Å². The van der Waals surface area contributed by atoms with Crippen molar-refractivity contribution in [2.24, 2.45) is 11.7 Å². The molecule has 1 amide bonds. The van der Waals surface area contributed by atoms with Crippen molar-refractivity contribution in [2.45, 2.75) is 26.3 Å². The van der Waals surface area contributed by atoms with E-state index in [2.05, 4.69) is 16.8 Å². The van der Waals surface area contributed by atoms with Gasteiger partial charge in [-0.2, -0.15) is 11.3 Å². The minimum Gasteiger partial charge on any atom is -0.355 e. The first-order valence-corrected chi connectivity index (χ1v) is 6.10. The number of rotatable bonds is 5. The maximum atomic E-state index is 11.5. The molecule has 84 valence electrons. The van der Waals surface area contributed by atoms with E-state index in [0.29, 0.717) is 6.54 Å². The summed E-state index contributed by atoms with van der Waals surface area (Å²) in [5.41, 5.74) is 6.92. The molecule has 1 aromatic rings. The Hall–Kier alpha value is -0.870. The fourth-order valence-corrected chi connectivity index (χ4v) is 1.87. The van der Waals surface area contributed by atoms with Crippen molar-refractivity contribution in [1.29, 1.82) is 0 Å². The molecular weight excluding hydrogens is 208 g/mol. The summed E-state index contributed by atoms with van der Waals surface area (Å²) in [5, 5.41) is 7.03. The Morgan fingerprint density at radius 2 is 2.33 bits per heavy atom. The SMILES string of the molecule is CC(N)C(C)C(=O)NCCc1ccsc1. The number of carbonyl (C=O) groups excluding carboxylic acids is 1. The highest BCUT2D eigenvalue weighted by Crippen LogP contribution is 2.06. The van der Waals surface area contributed by atoms with E-state index in [9.17, 15) is 4.79 Å². The van der Waals surface area contributed by atoms with Gasteiger partial charge in [0.05, 0.1) is 0 Å². The lowest BCUT2D eigenvalue weighted by Gasteiger charge is -2.14. The van der Waals surface area contributed by atoms with Gasteiger partial charge in [-0.25, -0.2) is 0 Å². The summed E-state index contributed by atoms with van der Waals surface area (Å²) in [6.45, 7) is 4.39. The molecule has 1 rings (SSSR count). The lowest BCUT2D eigenvalue weighted by molar-refractivity contribution is -0.124. The van der Waals surface area contributed by atoms with Crippen LogP contribution in [0, 0.1) is 5.92 Å². The Bertz CT molecular complexity index is 296. The van der Waals surface area contributed by atoms with E-state index in [4.69, 9.17) is 5.73 Å². The molecule has 0 spiro atoms. The van der Waals surface area contributed by atoms with Crippen molar-refractivity contribution < 1.29 is 4.79 Å². The summed E-state index contributed by atoms with van der Waals surface area (Å²) in [5.74, 6) is -0.0762. The zero-order chi connectivity index (χ0) is 11.3. The third-order valence-electron chi connectivity index (χ3n) is 2.50. The molecule has 3 N–H and O–H groups in total. The standard InChI is InChI=1S/C11H18N2OS/c1-8(9(2)12)11(14)13-5-3-10-4-6-15-7-10/h4,6-9H,3,5,12H2,1-2H3,(H,13,14). The van der Waals surface area contributed by atoms with Crippen LogP contribution in [0.1, 0.15) is 19.4 Å². The predicted molar refractivity (Wildman–Crippen MR) is 63.8 cm³/mol. The minimum absolute atomic E-state index is 0.0419. The van der Waals surface area contributed by atoms with Crippen molar-refractivity contribution in [3.8, 4) is 0 Å². The first kappa shape index (κ1) is 12.2. The van der Waals surface area contributed by atoms with E-state index in [1.165, 1.54) is 5.56 Å². The van der Waals surface area contributed by atoms with Crippen LogP contribution in [0.5, 0.6) is 0 Å². The summed E-state index contributed by atoms with van der Waals surface area (Å²) >= 11 is 1.68. The van der Waals surface area contributed by atoms with E-state index < -0.39 is 0 Å². The van der Waals surface area contributed by atoms with Gasteiger partial charge in [-0.05, 0) is 35.7 Å². The number of nitrogens with one attached hydrogen (secondary N) is 1. The quantitative estimate of drug-likeness (QED) is 0.797. The molecule has 3 nitrogen and oxygen atoms in total. The van der Waals surface area contributed by atoms with Crippen LogP contribution in [-0.2, 0) is 11.2 Å². The molecule has 4 heteroatoms. The highest BCUT2D eigenvalue weighted by molar-refractivity contribution is 7.07. The largest absolute Gasteiger partial charge is 0.355 e. The highest BCUT2D eigenvalue weighted by Gasteiger charge is 2.15. The normalized spacial score (nSPS) is 14.6. The van der Waals surface area contributed by atoms with Crippen molar-refractivity contribution in [2.75, 3.05) is 6.54 Å². The second kappa shape index (κ2) is 5.88. The van der Waals surface area contributed by atoms with Crippen LogP contribution in [0.15, 0.2) is 16.8 Å². The smallest absolute Gasteiger partial charge is 0.224 e. The molecule has 0 aliphatic carbocycles. The van der Waals surface area contributed by atoms with Crippen LogP contribution in [0.3, 0.4) is 0 Å². The van der Waals surface area contributed by atoms with Gasteiger partial charge in [0.15, 0.2) is 0 Å².